The summed E-state index contributed by atoms with van der Waals surface area (Å²) in [6, 6.07) is 4.14. The number of nitro benzene ring substituents is 1. The van der Waals surface area contributed by atoms with E-state index in [4.69, 9.17) is 0 Å². The Balaban J connectivity index is 2.76. The summed E-state index contributed by atoms with van der Waals surface area (Å²) in [5.41, 5.74) is 0.319. The Morgan fingerprint density at radius 2 is 2.05 bits per heavy atom. The van der Waals surface area contributed by atoms with Gasteiger partial charge in [-0.1, -0.05) is 20.8 Å². The number of halogens is 1. The number of carbonyl (C=O) groups is 1. The highest BCUT2D eigenvalue weighted by atomic mass is 79.9. The Hall–Kier alpha value is -1.43. The number of rotatable bonds is 4. The van der Waals surface area contributed by atoms with E-state index in [1.54, 1.807) is 0 Å². The van der Waals surface area contributed by atoms with E-state index in [2.05, 4.69) is 42.0 Å². The van der Waals surface area contributed by atoms with Gasteiger partial charge < -0.3 is 5.32 Å². The highest BCUT2D eigenvalue weighted by molar-refractivity contribution is 9.10. The van der Waals surface area contributed by atoms with Crippen LogP contribution in [0.3, 0.4) is 0 Å². The van der Waals surface area contributed by atoms with E-state index >= 15 is 0 Å². The van der Waals surface area contributed by atoms with Crippen molar-refractivity contribution < 1.29 is 9.72 Å². The zero-order valence-electron chi connectivity index (χ0n) is 11.2. The van der Waals surface area contributed by atoms with Gasteiger partial charge in [0.25, 0.3) is 11.6 Å². The maximum absolute atomic E-state index is 12.0. The molecule has 0 aliphatic carbocycles. The molecule has 0 spiro atoms. The number of amides is 1. The van der Waals surface area contributed by atoms with Crippen molar-refractivity contribution in [3.63, 3.8) is 0 Å². The van der Waals surface area contributed by atoms with Crippen molar-refractivity contribution in [2.45, 2.75) is 27.2 Å². The van der Waals surface area contributed by atoms with E-state index in [1.807, 2.05) is 0 Å². The van der Waals surface area contributed by atoms with Gasteiger partial charge in [-0.25, -0.2) is 0 Å². The summed E-state index contributed by atoms with van der Waals surface area (Å²) in [6.07, 6.45) is 0.839. The van der Waals surface area contributed by atoms with Gasteiger partial charge in [0.15, 0.2) is 0 Å². The predicted molar refractivity (Wildman–Crippen MR) is 77.2 cm³/mol. The number of nitrogens with zero attached hydrogens (tertiary/aromatic N) is 1. The molecule has 1 amide bonds. The molecule has 0 atom stereocenters. The van der Waals surface area contributed by atoms with Crippen LogP contribution in [0.4, 0.5) is 5.69 Å². The van der Waals surface area contributed by atoms with E-state index in [1.165, 1.54) is 18.2 Å². The van der Waals surface area contributed by atoms with Crippen molar-refractivity contribution in [1.82, 2.24) is 5.32 Å². The number of non-ortho nitro benzene ring substituents is 1. The molecule has 0 fully saturated rings. The third-order valence-electron chi connectivity index (χ3n) is 2.57. The molecule has 6 heteroatoms. The molecule has 1 rings (SSSR count). The minimum absolute atomic E-state index is 0.0934. The van der Waals surface area contributed by atoms with Gasteiger partial charge in [0, 0.05) is 23.2 Å². The summed E-state index contributed by atoms with van der Waals surface area (Å²) >= 11 is 3.23. The molecule has 0 saturated heterocycles. The molecule has 0 saturated carbocycles. The minimum Gasteiger partial charge on any atom is -0.352 e. The molecule has 1 aromatic rings. The van der Waals surface area contributed by atoms with Crippen molar-refractivity contribution in [3.8, 4) is 0 Å². The van der Waals surface area contributed by atoms with Gasteiger partial charge in [0.1, 0.15) is 0 Å². The fourth-order valence-electron chi connectivity index (χ4n) is 1.45. The SMILES string of the molecule is CC(C)(C)CCNC(=O)c1cc([N+](=O)[O-])ccc1Br. The molecule has 19 heavy (non-hydrogen) atoms. The Morgan fingerprint density at radius 3 is 2.58 bits per heavy atom. The maximum Gasteiger partial charge on any atom is 0.270 e. The summed E-state index contributed by atoms with van der Waals surface area (Å²) in [7, 11) is 0. The van der Waals surface area contributed by atoms with Crippen LogP contribution in [0, 0.1) is 15.5 Å². The second-order valence-corrected chi connectivity index (χ2v) is 6.34. The normalized spacial score (nSPS) is 11.2. The van der Waals surface area contributed by atoms with Crippen LogP contribution in [-0.2, 0) is 0 Å². The lowest BCUT2D eigenvalue weighted by molar-refractivity contribution is -0.384. The lowest BCUT2D eigenvalue weighted by atomic mass is 9.92. The smallest absolute Gasteiger partial charge is 0.270 e. The highest BCUT2D eigenvalue weighted by Crippen LogP contribution is 2.23. The molecule has 0 bridgehead atoms. The van der Waals surface area contributed by atoms with Crippen LogP contribution in [0.1, 0.15) is 37.6 Å². The second-order valence-electron chi connectivity index (χ2n) is 5.49. The zero-order valence-corrected chi connectivity index (χ0v) is 12.8. The van der Waals surface area contributed by atoms with Crippen molar-refractivity contribution in [2.75, 3.05) is 6.54 Å². The van der Waals surface area contributed by atoms with E-state index in [-0.39, 0.29) is 22.6 Å². The molecule has 5 nitrogen and oxygen atoms in total. The Morgan fingerprint density at radius 1 is 1.42 bits per heavy atom. The first-order valence-electron chi connectivity index (χ1n) is 5.93. The molecule has 0 aliphatic heterocycles. The zero-order chi connectivity index (χ0) is 14.6. The number of hydrogen-bond donors (Lipinski definition) is 1. The topological polar surface area (TPSA) is 72.2 Å². The molecule has 0 aromatic heterocycles. The van der Waals surface area contributed by atoms with Crippen LogP contribution in [0.2, 0.25) is 0 Å². The third kappa shape index (κ3) is 4.98. The molecule has 104 valence electrons. The van der Waals surface area contributed by atoms with Gasteiger partial charge in [-0.15, -0.1) is 0 Å². The molecule has 0 aliphatic rings. The van der Waals surface area contributed by atoms with Gasteiger partial charge in [0.2, 0.25) is 0 Å². The summed E-state index contributed by atoms with van der Waals surface area (Å²) < 4.78 is 0.548. The number of carbonyl (C=O) groups excluding carboxylic acids is 1. The molecule has 0 heterocycles. The Bertz CT molecular complexity index is 495. The molecule has 1 aromatic carbocycles. The van der Waals surface area contributed by atoms with Gasteiger partial charge in [0.05, 0.1) is 10.5 Å². The lowest BCUT2D eigenvalue weighted by Gasteiger charge is -2.18. The van der Waals surface area contributed by atoms with Crippen LogP contribution in [-0.4, -0.2) is 17.4 Å². The Kier molecular flexibility index (Phi) is 5.05. The van der Waals surface area contributed by atoms with Gasteiger partial charge >= 0.3 is 0 Å². The highest BCUT2D eigenvalue weighted by Gasteiger charge is 2.16. The molecular formula is C13H17BrN2O3. The summed E-state index contributed by atoms with van der Waals surface area (Å²) in [4.78, 5) is 22.1. The first kappa shape index (κ1) is 15.6. The van der Waals surface area contributed by atoms with Gasteiger partial charge in [-0.3, -0.25) is 14.9 Å². The van der Waals surface area contributed by atoms with Crippen molar-refractivity contribution >= 4 is 27.5 Å². The molecule has 1 N–H and O–H groups in total. The van der Waals surface area contributed by atoms with E-state index in [0.717, 1.165) is 6.42 Å². The largest absolute Gasteiger partial charge is 0.352 e. The van der Waals surface area contributed by atoms with Gasteiger partial charge in [-0.2, -0.15) is 0 Å². The standard InChI is InChI=1S/C13H17BrN2O3/c1-13(2,3)6-7-15-12(17)10-8-9(16(18)19)4-5-11(10)14/h4-5,8H,6-7H2,1-3H3,(H,15,17). The van der Waals surface area contributed by atoms with Crippen molar-refractivity contribution in [2.24, 2.45) is 5.41 Å². The average molecular weight is 329 g/mol. The predicted octanol–water partition coefficient (Wildman–Crippen LogP) is 3.52. The number of nitrogens with one attached hydrogen (secondary N) is 1. The van der Waals surface area contributed by atoms with Crippen molar-refractivity contribution in [1.29, 1.82) is 0 Å². The van der Waals surface area contributed by atoms with Crippen molar-refractivity contribution in [3.05, 3.63) is 38.3 Å². The van der Waals surface area contributed by atoms with Gasteiger partial charge in [-0.05, 0) is 33.8 Å². The van der Waals surface area contributed by atoms with Crippen LogP contribution in [0.15, 0.2) is 22.7 Å². The lowest BCUT2D eigenvalue weighted by Crippen LogP contribution is -2.27. The quantitative estimate of drug-likeness (QED) is 0.678. The van der Waals surface area contributed by atoms with Crippen LogP contribution >= 0.6 is 15.9 Å². The number of nitro groups is 1. The van der Waals surface area contributed by atoms with E-state index < -0.39 is 4.92 Å². The van der Waals surface area contributed by atoms with Crippen LogP contribution in [0.5, 0.6) is 0 Å². The van der Waals surface area contributed by atoms with E-state index in [9.17, 15) is 14.9 Å². The number of benzene rings is 1. The third-order valence-corrected chi connectivity index (χ3v) is 3.26. The first-order chi connectivity index (χ1) is 8.70. The molecule has 0 unspecified atom stereocenters. The number of hydrogen-bond acceptors (Lipinski definition) is 3. The van der Waals surface area contributed by atoms with E-state index in [0.29, 0.717) is 11.0 Å². The summed E-state index contributed by atoms with van der Waals surface area (Å²) in [5, 5.41) is 13.5. The fraction of sp³-hybridized carbons (Fsp3) is 0.462. The van der Waals surface area contributed by atoms with Crippen LogP contribution < -0.4 is 5.32 Å². The maximum atomic E-state index is 12.0. The summed E-state index contributed by atoms with van der Waals surface area (Å²) in [6.45, 7) is 6.80. The Labute approximate surface area is 120 Å². The fourth-order valence-corrected chi connectivity index (χ4v) is 1.87. The minimum atomic E-state index is -0.516. The first-order valence-corrected chi connectivity index (χ1v) is 6.72. The second kappa shape index (κ2) is 6.14. The molecular weight excluding hydrogens is 312 g/mol. The monoisotopic (exact) mass is 328 g/mol. The average Bonchev–Trinajstić information content (AvgIpc) is 2.27. The summed E-state index contributed by atoms with van der Waals surface area (Å²) in [5.74, 6) is -0.306. The van der Waals surface area contributed by atoms with Crippen LogP contribution in [0.25, 0.3) is 0 Å². The molecule has 0 radical (unpaired) electrons.